The number of aromatic nitrogens is 2. The maximum absolute atomic E-state index is 14.3. The lowest BCUT2D eigenvalue weighted by Crippen LogP contribution is -2.48. The van der Waals surface area contributed by atoms with Gasteiger partial charge in [0.1, 0.15) is 12.4 Å². The van der Waals surface area contributed by atoms with Gasteiger partial charge in [0.2, 0.25) is 5.82 Å². The summed E-state index contributed by atoms with van der Waals surface area (Å²) < 4.78 is 52.4. The first-order chi connectivity index (χ1) is 11.1. The first-order valence-electron chi connectivity index (χ1n) is 7.04. The summed E-state index contributed by atoms with van der Waals surface area (Å²) in [6.07, 6.45) is -5.63. The number of amides is 1. The Hall–Kier alpha value is -2.40. The number of nitrogens with one attached hydrogen (secondary N) is 1. The third kappa shape index (κ3) is 3.74. The SMILES string of the molecule is Cn1ncc([N+](=O)[O-])c1N1CCC[C@@H](NC(=O)C(F)(F)F)[C@@H](F)C1. The van der Waals surface area contributed by atoms with E-state index in [0.29, 0.717) is 0 Å². The molecule has 1 aliphatic rings. The Labute approximate surface area is 133 Å². The number of hydrogen-bond acceptors (Lipinski definition) is 5. The first-order valence-corrected chi connectivity index (χ1v) is 7.04. The number of halogens is 4. The third-order valence-electron chi connectivity index (χ3n) is 3.73. The molecule has 1 amide bonds. The molecule has 1 saturated heterocycles. The number of rotatable bonds is 3. The molecule has 2 heterocycles. The minimum atomic E-state index is -5.09. The number of carbonyl (C=O) groups excluding carboxylic acids is 1. The van der Waals surface area contributed by atoms with Gasteiger partial charge in [-0.2, -0.15) is 18.3 Å². The van der Waals surface area contributed by atoms with Gasteiger partial charge in [-0.05, 0) is 12.8 Å². The van der Waals surface area contributed by atoms with E-state index in [1.54, 1.807) is 5.32 Å². The molecule has 12 heteroatoms. The zero-order valence-electron chi connectivity index (χ0n) is 12.6. The molecule has 2 rings (SSSR count). The molecule has 1 fully saturated rings. The molecule has 1 aromatic heterocycles. The molecule has 0 unspecified atom stereocenters. The van der Waals surface area contributed by atoms with Crippen molar-refractivity contribution in [1.29, 1.82) is 0 Å². The average Bonchev–Trinajstić information content (AvgIpc) is 2.76. The third-order valence-corrected chi connectivity index (χ3v) is 3.73. The van der Waals surface area contributed by atoms with Crippen LogP contribution in [0.15, 0.2) is 6.20 Å². The summed E-state index contributed by atoms with van der Waals surface area (Å²) in [6.45, 7) is -0.192. The predicted molar refractivity (Wildman–Crippen MR) is 74.2 cm³/mol. The lowest BCUT2D eigenvalue weighted by atomic mass is 10.1. The van der Waals surface area contributed by atoms with E-state index in [0.717, 1.165) is 6.20 Å². The van der Waals surface area contributed by atoms with E-state index in [9.17, 15) is 32.5 Å². The van der Waals surface area contributed by atoms with E-state index in [2.05, 4.69) is 5.10 Å². The highest BCUT2D eigenvalue weighted by molar-refractivity contribution is 5.82. The Morgan fingerprint density at radius 2 is 2.17 bits per heavy atom. The Morgan fingerprint density at radius 1 is 1.50 bits per heavy atom. The van der Waals surface area contributed by atoms with Gasteiger partial charge >= 0.3 is 17.8 Å². The van der Waals surface area contributed by atoms with Crippen LogP contribution in [0.5, 0.6) is 0 Å². The molecule has 0 aromatic carbocycles. The van der Waals surface area contributed by atoms with Crippen LogP contribution in [0, 0.1) is 10.1 Å². The standard InChI is InChI=1S/C12H15F4N5O3/c1-19-10(9(5-17-19)21(23)24)20-4-2-3-8(7(13)6-20)18-11(22)12(14,15)16/h5,7-8H,2-4,6H2,1H3,(H,18,22)/t7-,8+/m0/s1. The fraction of sp³-hybridized carbons (Fsp3) is 0.667. The second kappa shape index (κ2) is 6.61. The van der Waals surface area contributed by atoms with Gasteiger partial charge in [-0.15, -0.1) is 0 Å². The van der Waals surface area contributed by atoms with E-state index in [4.69, 9.17) is 0 Å². The monoisotopic (exact) mass is 353 g/mol. The van der Waals surface area contributed by atoms with Crippen molar-refractivity contribution in [2.45, 2.75) is 31.2 Å². The molecule has 134 valence electrons. The maximum atomic E-state index is 14.3. The number of nitro groups is 1. The van der Waals surface area contributed by atoms with Gasteiger partial charge in [-0.25, -0.2) is 9.07 Å². The topological polar surface area (TPSA) is 93.3 Å². The largest absolute Gasteiger partial charge is 0.471 e. The van der Waals surface area contributed by atoms with E-state index >= 15 is 0 Å². The van der Waals surface area contributed by atoms with Gasteiger partial charge in [0.15, 0.2) is 0 Å². The van der Waals surface area contributed by atoms with Crippen molar-refractivity contribution >= 4 is 17.4 Å². The Morgan fingerprint density at radius 3 is 2.75 bits per heavy atom. The lowest BCUT2D eigenvalue weighted by Gasteiger charge is -2.25. The summed E-state index contributed by atoms with van der Waals surface area (Å²) in [7, 11) is 1.45. The number of anilines is 1. The summed E-state index contributed by atoms with van der Waals surface area (Å²) in [5.74, 6) is -2.12. The van der Waals surface area contributed by atoms with Crippen LogP contribution in [0.4, 0.5) is 29.1 Å². The van der Waals surface area contributed by atoms with Crippen LogP contribution in [-0.2, 0) is 11.8 Å². The second-order valence-electron chi connectivity index (χ2n) is 5.42. The smallest absolute Gasteiger partial charge is 0.348 e. The number of hydrogen-bond donors (Lipinski definition) is 1. The summed E-state index contributed by atoms with van der Waals surface area (Å²) in [4.78, 5) is 22.7. The minimum Gasteiger partial charge on any atom is -0.348 e. The number of alkyl halides is 4. The molecule has 0 spiro atoms. The van der Waals surface area contributed by atoms with Crippen LogP contribution in [0.25, 0.3) is 0 Å². The molecule has 0 bridgehead atoms. The van der Waals surface area contributed by atoms with Crippen LogP contribution in [0.1, 0.15) is 12.8 Å². The second-order valence-corrected chi connectivity index (χ2v) is 5.42. The highest BCUT2D eigenvalue weighted by atomic mass is 19.4. The summed E-state index contributed by atoms with van der Waals surface area (Å²) in [5.41, 5.74) is -0.317. The Bertz CT molecular complexity index is 633. The van der Waals surface area contributed by atoms with Gasteiger partial charge < -0.3 is 10.2 Å². The normalized spacial score (nSPS) is 22.1. The number of carbonyl (C=O) groups is 1. The van der Waals surface area contributed by atoms with Gasteiger partial charge in [-0.1, -0.05) is 0 Å². The van der Waals surface area contributed by atoms with E-state index < -0.39 is 29.2 Å². The van der Waals surface area contributed by atoms with Crippen molar-refractivity contribution in [2.24, 2.45) is 7.05 Å². The molecule has 2 atom stereocenters. The molecular formula is C12H15F4N5O3. The van der Waals surface area contributed by atoms with Crippen LogP contribution in [0.3, 0.4) is 0 Å². The molecule has 0 saturated carbocycles. The highest BCUT2D eigenvalue weighted by Crippen LogP contribution is 2.30. The van der Waals surface area contributed by atoms with Crippen molar-refractivity contribution in [1.82, 2.24) is 15.1 Å². The number of nitrogens with zero attached hydrogens (tertiary/aromatic N) is 4. The zero-order valence-corrected chi connectivity index (χ0v) is 12.6. The molecule has 1 N–H and O–H groups in total. The van der Waals surface area contributed by atoms with E-state index in [-0.39, 0.29) is 37.4 Å². The summed E-state index contributed by atoms with van der Waals surface area (Å²) >= 11 is 0. The van der Waals surface area contributed by atoms with Crippen LogP contribution in [0.2, 0.25) is 0 Å². The van der Waals surface area contributed by atoms with Gasteiger partial charge in [-0.3, -0.25) is 14.9 Å². The lowest BCUT2D eigenvalue weighted by molar-refractivity contribution is -0.384. The quantitative estimate of drug-likeness (QED) is 0.502. The maximum Gasteiger partial charge on any atom is 0.471 e. The first kappa shape index (κ1) is 17.9. The highest BCUT2D eigenvalue weighted by Gasteiger charge is 2.42. The minimum absolute atomic E-state index is 0.00879. The molecule has 1 aromatic rings. The van der Waals surface area contributed by atoms with Crippen LogP contribution in [-0.4, -0.2) is 52.1 Å². The molecule has 8 nitrogen and oxygen atoms in total. The molecule has 0 radical (unpaired) electrons. The van der Waals surface area contributed by atoms with Crippen molar-refractivity contribution in [3.8, 4) is 0 Å². The van der Waals surface area contributed by atoms with Crippen molar-refractivity contribution in [2.75, 3.05) is 18.0 Å². The number of aryl methyl sites for hydroxylation is 1. The van der Waals surface area contributed by atoms with Crippen molar-refractivity contribution in [3.05, 3.63) is 16.3 Å². The molecule has 0 aliphatic carbocycles. The molecule has 1 aliphatic heterocycles. The fourth-order valence-electron chi connectivity index (χ4n) is 2.63. The van der Waals surface area contributed by atoms with Gasteiger partial charge in [0, 0.05) is 13.6 Å². The summed E-state index contributed by atoms with van der Waals surface area (Å²) in [6, 6.07) is -1.31. The molecular weight excluding hydrogens is 338 g/mol. The van der Waals surface area contributed by atoms with Crippen LogP contribution >= 0.6 is 0 Å². The van der Waals surface area contributed by atoms with Crippen molar-refractivity contribution in [3.63, 3.8) is 0 Å². The van der Waals surface area contributed by atoms with Crippen molar-refractivity contribution < 1.29 is 27.3 Å². The predicted octanol–water partition coefficient (Wildman–Crippen LogP) is 1.31. The van der Waals surface area contributed by atoms with Gasteiger partial charge in [0.25, 0.3) is 0 Å². The zero-order chi connectivity index (χ0) is 18.1. The Balaban J connectivity index is 2.15. The molecule has 24 heavy (non-hydrogen) atoms. The summed E-state index contributed by atoms with van der Waals surface area (Å²) in [5, 5.41) is 16.4. The Kier molecular flexibility index (Phi) is 4.94. The van der Waals surface area contributed by atoms with E-state index in [1.165, 1.54) is 16.6 Å². The van der Waals surface area contributed by atoms with Gasteiger partial charge in [0.05, 0.1) is 17.5 Å². The van der Waals surface area contributed by atoms with Crippen LogP contribution < -0.4 is 10.2 Å². The van der Waals surface area contributed by atoms with E-state index in [1.807, 2.05) is 0 Å². The average molecular weight is 353 g/mol. The fourth-order valence-corrected chi connectivity index (χ4v) is 2.63.